The number of sulfonamides is 1. The molecule has 2 rings (SSSR count). The van der Waals surface area contributed by atoms with Gasteiger partial charge in [-0.15, -0.1) is 11.3 Å². The van der Waals surface area contributed by atoms with Crippen molar-refractivity contribution in [3.05, 3.63) is 15.6 Å². The smallest absolute Gasteiger partial charge is 0.273 e. The number of rotatable bonds is 3. The second-order valence-corrected chi connectivity index (χ2v) is 8.77. The molecule has 1 aromatic rings. The molecular formula is C13H21N3O3S2. The molecule has 0 bridgehead atoms. The average molecular weight is 331 g/mol. The predicted octanol–water partition coefficient (Wildman–Crippen LogP) is 1.29. The van der Waals surface area contributed by atoms with Crippen LogP contribution in [0, 0.1) is 6.92 Å². The van der Waals surface area contributed by atoms with Crippen LogP contribution in [0.5, 0.6) is 0 Å². The summed E-state index contributed by atoms with van der Waals surface area (Å²) in [4.78, 5) is 19.7. The fourth-order valence-electron chi connectivity index (χ4n) is 2.36. The van der Waals surface area contributed by atoms with Crippen molar-refractivity contribution in [2.24, 2.45) is 0 Å². The maximum absolute atomic E-state index is 12.6. The average Bonchev–Trinajstić information content (AvgIpc) is 2.79. The Bertz CT molecular complexity index is 629. The van der Waals surface area contributed by atoms with E-state index in [0.717, 1.165) is 9.88 Å². The third-order valence-corrected chi connectivity index (χ3v) is 6.06. The maximum Gasteiger partial charge on any atom is 0.273 e. The molecule has 1 fully saturated rings. The number of piperazine rings is 1. The van der Waals surface area contributed by atoms with E-state index in [9.17, 15) is 13.2 Å². The molecule has 0 N–H and O–H groups in total. The van der Waals surface area contributed by atoms with E-state index in [1.54, 1.807) is 16.2 Å². The predicted molar refractivity (Wildman–Crippen MR) is 83.3 cm³/mol. The van der Waals surface area contributed by atoms with E-state index in [4.69, 9.17) is 0 Å². The van der Waals surface area contributed by atoms with Crippen LogP contribution in [0.15, 0.2) is 0 Å². The molecule has 1 amide bonds. The highest BCUT2D eigenvalue weighted by atomic mass is 32.2. The molecule has 0 aliphatic carbocycles. The van der Waals surface area contributed by atoms with Crippen molar-refractivity contribution in [1.29, 1.82) is 0 Å². The summed E-state index contributed by atoms with van der Waals surface area (Å²) in [5, 5.41) is 0.886. The number of hydrogen-bond acceptors (Lipinski definition) is 5. The van der Waals surface area contributed by atoms with E-state index >= 15 is 0 Å². The molecule has 1 aliphatic heterocycles. The van der Waals surface area contributed by atoms with Crippen LogP contribution in [0.3, 0.4) is 0 Å². The second-order valence-electron chi connectivity index (χ2n) is 5.55. The summed E-state index contributed by atoms with van der Waals surface area (Å²) in [6, 6.07) is 0. The minimum absolute atomic E-state index is 0.0869. The van der Waals surface area contributed by atoms with Crippen molar-refractivity contribution < 1.29 is 13.2 Å². The summed E-state index contributed by atoms with van der Waals surface area (Å²) in [7, 11) is -3.18. The standard InChI is InChI=1S/C13H21N3O3S2/c1-9(2)12-11(14-10(3)20-12)13(17)15-5-7-16(8-6-15)21(4,18)19/h9H,5-8H2,1-4H3. The van der Waals surface area contributed by atoms with Crippen LogP contribution >= 0.6 is 11.3 Å². The topological polar surface area (TPSA) is 70.6 Å². The van der Waals surface area contributed by atoms with Crippen molar-refractivity contribution in [3.63, 3.8) is 0 Å². The first-order chi connectivity index (χ1) is 9.70. The molecule has 0 radical (unpaired) electrons. The van der Waals surface area contributed by atoms with Gasteiger partial charge in [-0.1, -0.05) is 13.8 Å². The quantitative estimate of drug-likeness (QED) is 0.837. The van der Waals surface area contributed by atoms with Gasteiger partial charge in [0.05, 0.1) is 11.3 Å². The molecule has 6 nitrogen and oxygen atoms in total. The molecule has 1 saturated heterocycles. The first kappa shape index (κ1) is 16.4. The zero-order valence-electron chi connectivity index (χ0n) is 12.8. The molecule has 2 heterocycles. The Morgan fingerprint density at radius 3 is 2.29 bits per heavy atom. The van der Waals surface area contributed by atoms with Crippen molar-refractivity contribution in [3.8, 4) is 0 Å². The lowest BCUT2D eigenvalue weighted by Gasteiger charge is -2.33. The zero-order valence-corrected chi connectivity index (χ0v) is 14.4. The molecule has 8 heteroatoms. The van der Waals surface area contributed by atoms with Crippen LogP contribution in [0.25, 0.3) is 0 Å². The Balaban J connectivity index is 2.13. The Hall–Kier alpha value is -0.990. The lowest BCUT2D eigenvalue weighted by Crippen LogP contribution is -2.50. The first-order valence-electron chi connectivity index (χ1n) is 6.92. The Morgan fingerprint density at radius 2 is 1.81 bits per heavy atom. The number of aryl methyl sites for hydroxylation is 1. The fourth-order valence-corrected chi connectivity index (χ4v) is 4.11. The van der Waals surface area contributed by atoms with E-state index in [1.807, 2.05) is 20.8 Å². The lowest BCUT2D eigenvalue weighted by molar-refractivity contribution is 0.0691. The van der Waals surface area contributed by atoms with Crippen LogP contribution in [-0.4, -0.2) is 60.9 Å². The van der Waals surface area contributed by atoms with Gasteiger partial charge in [-0.3, -0.25) is 4.79 Å². The molecule has 0 saturated carbocycles. The third kappa shape index (κ3) is 3.61. The van der Waals surface area contributed by atoms with Gasteiger partial charge in [-0.25, -0.2) is 13.4 Å². The Labute approximate surface area is 129 Å². The highest BCUT2D eigenvalue weighted by molar-refractivity contribution is 7.88. The fraction of sp³-hybridized carbons (Fsp3) is 0.692. The summed E-state index contributed by atoms with van der Waals surface area (Å²) in [6.45, 7) is 7.53. The Kier molecular flexibility index (Phi) is 4.69. The monoisotopic (exact) mass is 331 g/mol. The molecule has 1 aliphatic rings. The van der Waals surface area contributed by atoms with Crippen LogP contribution in [0.4, 0.5) is 0 Å². The van der Waals surface area contributed by atoms with Gasteiger partial charge in [0, 0.05) is 31.1 Å². The summed E-state index contributed by atoms with van der Waals surface area (Å²) >= 11 is 1.55. The molecule has 21 heavy (non-hydrogen) atoms. The minimum atomic E-state index is -3.18. The van der Waals surface area contributed by atoms with Crippen molar-refractivity contribution in [1.82, 2.24) is 14.2 Å². The molecular weight excluding hydrogens is 310 g/mol. The second kappa shape index (κ2) is 6.02. The normalized spacial score (nSPS) is 17.5. The minimum Gasteiger partial charge on any atom is -0.335 e. The van der Waals surface area contributed by atoms with Crippen molar-refractivity contribution >= 4 is 27.3 Å². The number of hydrogen-bond donors (Lipinski definition) is 0. The summed E-state index contributed by atoms with van der Waals surface area (Å²) < 4.78 is 24.4. The van der Waals surface area contributed by atoms with Gasteiger partial charge in [0.15, 0.2) is 0 Å². The molecule has 0 spiro atoms. The van der Waals surface area contributed by atoms with Gasteiger partial charge in [0.1, 0.15) is 5.69 Å². The molecule has 118 valence electrons. The van der Waals surface area contributed by atoms with Crippen LogP contribution < -0.4 is 0 Å². The van der Waals surface area contributed by atoms with Gasteiger partial charge < -0.3 is 4.90 Å². The zero-order chi connectivity index (χ0) is 15.8. The van der Waals surface area contributed by atoms with E-state index in [0.29, 0.717) is 31.9 Å². The number of amides is 1. The molecule has 0 unspecified atom stereocenters. The van der Waals surface area contributed by atoms with E-state index in [2.05, 4.69) is 4.98 Å². The van der Waals surface area contributed by atoms with Gasteiger partial charge in [0.25, 0.3) is 5.91 Å². The van der Waals surface area contributed by atoms with Gasteiger partial charge >= 0.3 is 0 Å². The number of carbonyl (C=O) groups excluding carboxylic acids is 1. The first-order valence-corrected chi connectivity index (χ1v) is 9.58. The van der Waals surface area contributed by atoms with Gasteiger partial charge in [0.2, 0.25) is 10.0 Å². The third-order valence-electron chi connectivity index (χ3n) is 3.48. The highest BCUT2D eigenvalue weighted by Crippen LogP contribution is 2.27. The summed E-state index contributed by atoms with van der Waals surface area (Å²) in [5.41, 5.74) is 0.528. The van der Waals surface area contributed by atoms with Crippen molar-refractivity contribution in [2.75, 3.05) is 32.4 Å². The number of thiazole rings is 1. The van der Waals surface area contributed by atoms with Crippen LogP contribution in [0.1, 0.15) is 40.1 Å². The number of aromatic nitrogens is 1. The number of nitrogens with zero attached hydrogens (tertiary/aromatic N) is 3. The molecule has 0 atom stereocenters. The van der Waals surface area contributed by atoms with Gasteiger partial charge in [-0.05, 0) is 12.8 Å². The van der Waals surface area contributed by atoms with Crippen LogP contribution in [-0.2, 0) is 10.0 Å². The van der Waals surface area contributed by atoms with E-state index in [-0.39, 0.29) is 11.8 Å². The lowest BCUT2D eigenvalue weighted by atomic mass is 10.1. The van der Waals surface area contributed by atoms with Gasteiger partial charge in [-0.2, -0.15) is 4.31 Å². The SMILES string of the molecule is Cc1nc(C(=O)N2CCN(S(C)(=O)=O)CC2)c(C(C)C)s1. The number of carbonyl (C=O) groups is 1. The molecule has 1 aromatic heterocycles. The van der Waals surface area contributed by atoms with E-state index in [1.165, 1.54) is 10.6 Å². The Morgan fingerprint density at radius 1 is 1.24 bits per heavy atom. The maximum atomic E-state index is 12.6. The largest absolute Gasteiger partial charge is 0.335 e. The van der Waals surface area contributed by atoms with E-state index < -0.39 is 10.0 Å². The summed E-state index contributed by atoms with van der Waals surface area (Å²) in [5.74, 6) is 0.170. The summed E-state index contributed by atoms with van der Waals surface area (Å²) in [6.07, 6.45) is 1.20. The molecule has 0 aromatic carbocycles. The highest BCUT2D eigenvalue weighted by Gasteiger charge is 2.29. The van der Waals surface area contributed by atoms with Crippen LogP contribution in [0.2, 0.25) is 0 Å². The van der Waals surface area contributed by atoms with Crippen molar-refractivity contribution in [2.45, 2.75) is 26.7 Å².